The summed E-state index contributed by atoms with van der Waals surface area (Å²) in [5, 5.41) is 3.39. The van der Waals surface area contributed by atoms with Crippen LogP contribution in [-0.4, -0.2) is 41.7 Å². The lowest BCUT2D eigenvalue weighted by Gasteiger charge is -2.26. The first-order chi connectivity index (χ1) is 9.79. The first-order valence-corrected chi connectivity index (χ1v) is 7.32. The minimum absolute atomic E-state index is 0.258. The molecule has 0 saturated carbocycles. The molecule has 1 fully saturated rings. The molecule has 0 aliphatic carbocycles. The Morgan fingerprint density at radius 3 is 3.05 bits per heavy atom. The number of oxazole rings is 1. The van der Waals surface area contributed by atoms with E-state index in [0.29, 0.717) is 18.2 Å². The van der Waals surface area contributed by atoms with Gasteiger partial charge in [-0.2, -0.15) is 0 Å². The summed E-state index contributed by atoms with van der Waals surface area (Å²) in [7, 11) is 0. The SMILES string of the molecule is CCN(CCn1c(=O)oc2ccccc21)C1CCNC1. The van der Waals surface area contributed by atoms with Crippen LogP contribution in [0, 0.1) is 0 Å². The number of likely N-dealkylation sites (N-methyl/N-ethyl adjacent to an activating group) is 1. The highest BCUT2D eigenvalue weighted by Gasteiger charge is 2.21. The monoisotopic (exact) mass is 275 g/mol. The third-order valence-electron chi connectivity index (χ3n) is 4.14. The molecule has 5 heteroatoms. The van der Waals surface area contributed by atoms with Gasteiger partial charge in [-0.3, -0.25) is 9.47 Å². The number of aromatic nitrogens is 1. The van der Waals surface area contributed by atoms with Crippen molar-refractivity contribution >= 4 is 11.1 Å². The molecule has 5 nitrogen and oxygen atoms in total. The van der Waals surface area contributed by atoms with Crippen LogP contribution >= 0.6 is 0 Å². The van der Waals surface area contributed by atoms with Crippen LogP contribution in [0.2, 0.25) is 0 Å². The molecule has 1 aliphatic heterocycles. The minimum atomic E-state index is -0.258. The van der Waals surface area contributed by atoms with Crippen LogP contribution in [0.3, 0.4) is 0 Å². The summed E-state index contributed by atoms with van der Waals surface area (Å²) < 4.78 is 7.00. The van der Waals surface area contributed by atoms with Gasteiger partial charge in [0.25, 0.3) is 0 Å². The molecule has 0 bridgehead atoms. The molecule has 1 atom stereocenters. The molecule has 2 heterocycles. The Morgan fingerprint density at radius 2 is 2.30 bits per heavy atom. The Hall–Kier alpha value is -1.59. The van der Waals surface area contributed by atoms with E-state index in [2.05, 4.69) is 17.1 Å². The van der Waals surface area contributed by atoms with Crippen LogP contribution in [0.25, 0.3) is 11.1 Å². The van der Waals surface area contributed by atoms with Gasteiger partial charge in [-0.25, -0.2) is 4.79 Å². The summed E-state index contributed by atoms with van der Waals surface area (Å²) >= 11 is 0. The molecule has 2 aromatic rings. The lowest BCUT2D eigenvalue weighted by atomic mass is 10.2. The van der Waals surface area contributed by atoms with Crippen LogP contribution < -0.4 is 11.1 Å². The normalized spacial score (nSPS) is 19.2. The van der Waals surface area contributed by atoms with Crippen LogP contribution in [0.15, 0.2) is 33.5 Å². The predicted octanol–water partition coefficient (Wildman–Crippen LogP) is 1.28. The van der Waals surface area contributed by atoms with E-state index in [1.807, 2.05) is 24.3 Å². The Morgan fingerprint density at radius 1 is 1.45 bits per heavy atom. The quantitative estimate of drug-likeness (QED) is 0.893. The molecule has 0 amide bonds. The third kappa shape index (κ3) is 2.51. The van der Waals surface area contributed by atoms with Crippen molar-refractivity contribution in [2.45, 2.75) is 25.9 Å². The molecular weight excluding hydrogens is 254 g/mol. The molecule has 20 heavy (non-hydrogen) atoms. The lowest BCUT2D eigenvalue weighted by Crippen LogP contribution is -2.39. The fourth-order valence-electron chi connectivity index (χ4n) is 3.00. The number of benzene rings is 1. The lowest BCUT2D eigenvalue weighted by molar-refractivity contribution is 0.209. The van der Waals surface area contributed by atoms with E-state index in [4.69, 9.17) is 4.42 Å². The zero-order chi connectivity index (χ0) is 13.9. The second kappa shape index (κ2) is 5.81. The smallest absolute Gasteiger partial charge is 0.408 e. The summed E-state index contributed by atoms with van der Waals surface area (Å²) in [5.41, 5.74) is 1.56. The number of para-hydroxylation sites is 2. The predicted molar refractivity (Wildman–Crippen MR) is 79.0 cm³/mol. The van der Waals surface area contributed by atoms with E-state index in [0.717, 1.165) is 31.7 Å². The number of nitrogens with zero attached hydrogens (tertiary/aromatic N) is 2. The van der Waals surface area contributed by atoms with Crippen molar-refractivity contribution in [3.8, 4) is 0 Å². The average molecular weight is 275 g/mol. The third-order valence-corrected chi connectivity index (χ3v) is 4.14. The Labute approximate surface area is 118 Å². The van der Waals surface area contributed by atoms with Crippen molar-refractivity contribution in [1.82, 2.24) is 14.8 Å². The Bertz CT molecular complexity index is 625. The van der Waals surface area contributed by atoms with Crippen LogP contribution in [0.4, 0.5) is 0 Å². The molecule has 3 rings (SSSR count). The van der Waals surface area contributed by atoms with Crippen molar-refractivity contribution in [2.75, 3.05) is 26.2 Å². The maximum atomic E-state index is 11.9. The molecule has 1 N–H and O–H groups in total. The first kappa shape index (κ1) is 13.4. The molecule has 108 valence electrons. The minimum Gasteiger partial charge on any atom is -0.408 e. The van der Waals surface area contributed by atoms with Crippen molar-refractivity contribution in [2.24, 2.45) is 0 Å². The van der Waals surface area contributed by atoms with E-state index in [1.54, 1.807) is 4.57 Å². The second-order valence-corrected chi connectivity index (χ2v) is 5.26. The zero-order valence-corrected chi connectivity index (χ0v) is 11.8. The number of hydrogen-bond acceptors (Lipinski definition) is 4. The van der Waals surface area contributed by atoms with Gasteiger partial charge < -0.3 is 9.73 Å². The van der Waals surface area contributed by atoms with Gasteiger partial charge in [0, 0.05) is 25.7 Å². The fourth-order valence-corrected chi connectivity index (χ4v) is 3.00. The summed E-state index contributed by atoms with van der Waals surface area (Å²) in [4.78, 5) is 14.4. The average Bonchev–Trinajstić information content (AvgIpc) is 3.08. The van der Waals surface area contributed by atoms with Crippen molar-refractivity contribution in [3.63, 3.8) is 0 Å². The molecular formula is C15H21N3O2. The van der Waals surface area contributed by atoms with E-state index < -0.39 is 0 Å². The first-order valence-electron chi connectivity index (χ1n) is 7.32. The van der Waals surface area contributed by atoms with Gasteiger partial charge in [-0.05, 0) is 31.6 Å². The Kier molecular flexibility index (Phi) is 3.89. The highest BCUT2D eigenvalue weighted by atomic mass is 16.4. The summed E-state index contributed by atoms with van der Waals surface area (Å²) in [6.45, 7) is 6.89. The van der Waals surface area contributed by atoms with Gasteiger partial charge in [-0.1, -0.05) is 19.1 Å². The van der Waals surface area contributed by atoms with Gasteiger partial charge in [0.2, 0.25) is 0 Å². The molecule has 1 aromatic heterocycles. The number of rotatable bonds is 5. The maximum absolute atomic E-state index is 11.9. The molecule has 1 aromatic carbocycles. The highest BCUT2D eigenvalue weighted by Crippen LogP contribution is 2.13. The van der Waals surface area contributed by atoms with Crippen molar-refractivity contribution in [1.29, 1.82) is 0 Å². The second-order valence-electron chi connectivity index (χ2n) is 5.26. The highest BCUT2D eigenvalue weighted by molar-refractivity contribution is 5.72. The van der Waals surface area contributed by atoms with E-state index in [1.165, 1.54) is 6.42 Å². The van der Waals surface area contributed by atoms with Crippen LogP contribution in [-0.2, 0) is 6.54 Å². The number of hydrogen-bond donors (Lipinski definition) is 1. The topological polar surface area (TPSA) is 50.4 Å². The van der Waals surface area contributed by atoms with Gasteiger partial charge in [-0.15, -0.1) is 0 Å². The van der Waals surface area contributed by atoms with Gasteiger partial charge >= 0.3 is 5.76 Å². The van der Waals surface area contributed by atoms with Crippen molar-refractivity contribution < 1.29 is 4.42 Å². The molecule has 1 unspecified atom stereocenters. The molecule has 0 spiro atoms. The van der Waals surface area contributed by atoms with E-state index >= 15 is 0 Å². The van der Waals surface area contributed by atoms with E-state index in [9.17, 15) is 4.79 Å². The standard InChI is InChI=1S/C15H21N3O2/c1-2-17(12-7-8-16-11-12)9-10-18-13-5-3-4-6-14(13)20-15(18)19/h3-6,12,16H,2,7-11H2,1H3. The van der Waals surface area contributed by atoms with Gasteiger partial charge in [0.1, 0.15) is 0 Å². The van der Waals surface area contributed by atoms with Gasteiger partial charge in [0.05, 0.1) is 5.52 Å². The number of nitrogens with one attached hydrogen (secondary N) is 1. The molecule has 0 radical (unpaired) electrons. The summed E-state index contributed by atoms with van der Waals surface area (Å²) in [5.74, 6) is -0.258. The molecule has 1 saturated heterocycles. The largest absolute Gasteiger partial charge is 0.419 e. The van der Waals surface area contributed by atoms with Crippen LogP contribution in [0.1, 0.15) is 13.3 Å². The summed E-state index contributed by atoms with van der Waals surface area (Å²) in [6.07, 6.45) is 1.19. The van der Waals surface area contributed by atoms with E-state index in [-0.39, 0.29) is 5.76 Å². The van der Waals surface area contributed by atoms with Crippen molar-refractivity contribution in [3.05, 3.63) is 34.8 Å². The summed E-state index contributed by atoms with van der Waals surface area (Å²) in [6, 6.07) is 8.19. The number of fused-ring (bicyclic) bond motifs is 1. The van der Waals surface area contributed by atoms with Gasteiger partial charge in [0.15, 0.2) is 5.58 Å². The zero-order valence-electron chi connectivity index (χ0n) is 11.8. The molecule has 1 aliphatic rings. The van der Waals surface area contributed by atoms with Crippen LogP contribution in [0.5, 0.6) is 0 Å². The fraction of sp³-hybridized carbons (Fsp3) is 0.533. The Balaban J connectivity index is 1.75. The maximum Gasteiger partial charge on any atom is 0.419 e.